The average Bonchev–Trinajstić information content (AvgIpc) is 3.38. The van der Waals surface area contributed by atoms with Crippen molar-refractivity contribution in [2.45, 2.75) is 32.4 Å². The summed E-state index contributed by atoms with van der Waals surface area (Å²) >= 11 is 0. The van der Waals surface area contributed by atoms with Crippen molar-refractivity contribution in [3.8, 4) is 11.1 Å². The van der Waals surface area contributed by atoms with Crippen LogP contribution < -0.4 is 26.6 Å². The highest BCUT2D eigenvalue weighted by Gasteiger charge is 2.26. The van der Waals surface area contributed by atoms with E-state index < -0.39 is 6.03 Å². The van der Waals surface area contributed by atoms with Gasteiger partial charge in [-0.15, -0.1) is 0 Å². The van der Waals surface area contributed by atoms with Crippen molar-refractivity contribution in [2.24, 2.45) is 5.73 Å². The number of hydrogen-bond acceptors (Lipinski definition) is 8. The van der Waals surface area contributed by atoms with Gasteiger partial charge in [-0.3, -0.25) is 4.79 Å². The quantitative estimate of drug-likeness (QED) is 0.352. The van der Waals surface area contributed by atoms with Gasteiger partial charge in [0.05, 0.1) is 12.7 Å². The molecule has 10 heteroatoms. The first-order valence-corrected chi connectivity index (χ1v) is 12.9. The number of primary amides is 1. The number of benzene rings is 2. The fourth-order valence-electron chi connectivity index (χ4n) is 4.98. The highest BCUT2D eigenvalue weighted by Crippen LogP contribution is 2.34. The van der Waals surface area contributed by atoms with E-state index in [9.17, 15) is 9.59 Å². The minimum absolute atomic E-state index is 0.00751. The van der Waals surface area contributed by atoms with Gasteiger partial charge < -0.3 is 31.3 Å². The van der Waals surface area contributed by atoms with E-state index in [2.05, 4.69) is 38.0 Å². The molecule has 2 amide bonds. The Balaban J connectivity index is 1.45. The van der Waals surface area contributed by atoms with Gasteiger partial charge in [-0.25, -0.2) is 9.78 Å². The molecule has 10 nitrogen and oxygen atoms in total. The number of carbonyl (C=O) groups excluding carboxylic acids is 2. The van der Waals surface area contributed by atoms with Gasteiger partial charge in [0.25, 0.3) is 0 Å². The molecule has 198 valence electrons. The molecule has 2 aliphatic rings. The zero-order chi connectivity index (χ0) is 26.6. The lowest BCUT2D eigenvalue weighted by molar-refractivity contribution is 0.0277. The Morgan fingerprint density at radius 2 is 2.00 bits per heavy atom. The molecule has 0 bridgehead atoms. The molecule has 5 rings (SSSR count). The van der Waals surface area contributed by atoms with Crippen LogP contribution in [0.15, 0.2) is 48.7 Å². The fourth-order valence-corrected chi connectivity index (χ4v) is 4.98. The van der Waals surface area contributed by atoms with Gasteiger partial charge in [-0.05, 0) is 43.5 Å². The second-order valence-corrected chi connectivity index (χ2v) is 9.77. The van der Waals surface area contributed by atoms with E-state index in [1.807, 2.05) is 37.3 Å². The predicted octanol–water partition coefficient (Wildman–Crippen LogP) is 3.31. The number of aryl methyl sites for hydroxylation is 1. The van der Waals surface area contributed by atoms with Crippen molar-refractivity contribution < 1.29 is 14.3 Å². The summed E-state index contributed by atoms with van der Waals surface area (Å²) in [6.07, 6.45) is 2.57. The van der Waals surface area contributed by atoms with Crippen molar-refractivity contribution in [1.29, 1.82) is 0 Å². The second kappa shape index (κ2) is 11.2. The SMILES string of the molecule is CC(=O)c1ccc(-c2cc(C3CNCCO3)ccc2Nc2ncc(C)c(N3CCC(NC(N)=O)C3)n2)cc1. The number of ketones is 1. The monoisotopic (exact) mass is 515 g/mol. The van der Waals surface area contributed by atoms with Gasteiger partial charge >= 0.3 is 6.03 Å². The summed E-state index contributed by atoms with van der Waals surface area (Å²) in [5.74, 6) is 1.32. The van der Waals surface area contributed by atoms with Crippen LogP contribution in [0.4, 0.5) is 22.2 Å². The predicted molar refractivity (Wildman–Crippen MR) is 147 cm³/mol. The zero-order valence-corrected chi connectivity index (χ0v) is 21.7. The molecule has 2 saturated heterocycles. The van der Waals surface area contributed by atoms with Gasteiger partial charge in [0.1, 0.15) is 5.82 Å². The molecule has 3 heterocycles. The molecule has 0 saturated carbocycles. The smallest absolute Gasteiger partial charge is 0.312 e. The number of nitrogens with zero attached hydrogens (tertiary/aromatic N) is 3. The summed E-state index contributed by atoms with van der Waals surface area (Å²) in [5, 5.41) is 9.58. The Morgan fingerprint density at radius 3 is 2.71 bits per heavy atom. The van der Waals surface area contributed by atoms with Crippen molar-refractivity contribution in [1.82, 2.24) is 20.6 Å². The highest BCUT2D eigenvalue weighted by molar-refractivity contribution is 5.95. The molecule has 0 spiro atoms. The summed E-state index contributed by atoms with van der Waals surface area (Å²) in [6, 6.07) is 13.3. The number of Topliss-reactive ketones (excluding diaryl/α,β-unsaturated/α-hetero) is 1. The molecule has 2 atom stereocenters. The number of urea groups is 1. The lowest BCUT2D eigenvalue weighted by atomic mass is 9.97. The molecule has 2 fully saturated rings. The van der Waals surface area contributed by atoms with E-state index in [4.69, 9.17) is 15.5 Å². The molecule has 1 aromatic heterocycles. The van der Waals surface area contributed by atoms with Crippen LogP contribution in [0, 0.1) is 6.92 Å². The third kappa shape index (κ3) is 5.76. The first-order valence-electron chi connectivity index (χ1n) is 12.9. The number of aromatic nitrogens is 2. The lowest BCUT2D eigenvalue weighted by Gasteiger charge is -2.25. The molecule has 2 unspecified atom stereocenters. The molecule has 3 aromatic rings. The van der Waals surface area contributed by atoms with Gasteiger partial charge in [0.2, 0.25) is 5.95 Å². The fraction of sp³-hybridized carbons (Fsp3) is 0.357. The number of rotatable bonds is 7. The van der Waals surface area contributed by atoms with Gasteiger partial charge in [0, 0.05) is 60.8 Å². The van der Waals surface area contributed by atoms with Gasteiger partial charge in [0.15, 0.2) is 5.78 Å². The number of ether oxygens (including phenoxy) is 1. The maximum atomic E-state index is 11.8. The van der Waals surface area contributed by atoms with Crippen LogP contribution in [0.1, 0.15) is 40.9 Å². The minimum Gasteiger partial charge on any atom is -0.371 e. The van der Waals surface area contributed by atoms with Crippen LogP contribution in [-0.2, 0) is 4.74 Å². The summed E-state index contributed by atoms with van der Waals surface area (Å²) in [6.45, 7) is 7.20. The molecule has 2 aliphatic heterocycles. The van der Waals surface area contributed by atoms with E-state index in [1.54, 1.807) is 13.1 Å². The summed E-state index contributed by atoms with van der Waals surface area (Å²) in [7, 11) is 0. The van der Waals surface area contributed by atoms with Gasteiger partial charge in [-0.2, -0.15) is 4.98 Å². The summed E-state index contributed by atoms with van der Waals surface area (Å²) < 4.78 is 5.99. The lowest BCUT2D eigenvalue weighted by Crippen LogP contribution is -2.40. The van der Waals surface area contributed by atoms with E-state index >= 15 is 0 Å². The Kier molecular flexibility index (Phi) is 7.52. The first-order chi connectivity index (χ1) is 18.4. The van der Waals surface area contributed by atoms with Crippen LogP contribution in [0.25, 0.3) is 11.1 Å². The Labute approximate surface area is 222 Å². The number of hydrogen-bond donors (Lipinski definition) is 4. The molecule has 5 N–H and O–H groups in total. The third-order valence-electron chi connectivity index (χ3n) is 6.97. The number of morpholine rings is 1. The van der Waals surface area contributed by atoms with Crippen LogP contribution >= 0.6 is 0 Å². The van der Waals surface area contributed by atoms with Crippen molar-refractivity contribution >= 4 is 29.3 Å². The Hall–Kier alpha value is -4.02. The molecular formula is C28H33N7O3. The second-order valence-electron chi connectivity index (χ2n) is 9.77. The standard InChI is InChI=1S/C28H33N7O3/c1-17-14-31-28(34-26(17)35-11-9-22(16-35)32-27(29)37)33-24-8-7-21(25-15-30-10-12-38-25)13-23(24)20-5-3-19(4-6-20)18(2)36/h3-8,13-14,22,25,30H,9-12,15-16H2,1-2H3,(H3,29,32,37)(H,31,33,34). The normalized spacial score (nSPS) is 19.3. The van der Waals surface area contributed by atoms with Crippen molar-refractivity contribution in [3.63, 3.8) is 0 Å². The summed E-state index contributed by atoms with van der Waals surface area (Å²) in [4.78, 5) is 34.6. The number of amides is 2. The Morgan fingerprint density at radius 1 is 1.18 bits per heavy atom. The minimum atomic E-state index is -0.514. The van der Waals surface area contributed by atoms with E-state index in [0.717, 1.165) is 59.8 Å². The van der Waals surface area contributed by atoms with Crippen LogP contribution in [0.2, 0.25) is 0 Å². The molecule has 0 aliphatic carbocycles. The Bertz CT molecular complexity index is 1320. The third-order valence-corrected chi connectivity index (χ3v) is 6.97. The van der Waals surface area contributed by atoms with E-state index in [0.29, 0.717) is 24.7 Å². The zero-order valence-electron chi connectivity index (χ0n) is 21.7. The van der Waals surface area contributed by atoms with Crippen LogP contribution in [0.5, 0.6) is 0 Å². The summed E-state index contributed by atoms with van der Waals surface area (Å²) in [5.41, 5.74) is 10.8. The molecule has 0 radical (unpaired) electrons. The van der Waals surface area contributed by atoms with Crippen LogP contribution in [-0.4, -0.2) is 60.6 Å². The number of anilines is 3. The molecule has 2 aromatic carbocycles. The topological polar surface area (TPSA) is 134 Å². The molecule has 38 heavy (non-hydrogen) atoms. The number of carbonyl (C=O) groups is 2. The molecular weight excluding hydrogens is 482 g/mol. The number of nitrogens with two attached hydrogens (primary N) is 1. The maximum absolute atomic E-state index is 11.8. The first kappa shape index (κ1) is 25.6. The van der Waals surface area contributed by atoms with Crippen molar-refractivity contribution in [2.75, 3.05) is 43.0 Å². The maximum Gasteiger partial charge on any atom is 0.312 e. The average molecular weight is 516 g/mol. The van der Waals surface area contributed by atoms with Crippen molar-refractivity contribution in [3.05, 3.63) is 65.4 Å². The van der Waals surface area contributed by atoms with Gasteiger partial charge in [-0.1, -0.05) is 30.3 Å². The number of nitrogens with one attached hydrogen (secondary N) is 3. The highest BCUT2D eigenvalue weighted by atomic mass is 16.5. The van der Waals surface area contributed by atoms with E-state index in [1.165, 1.54) is 0 Å². The van der Waals surface area contributed by atoms with E-state index in [-0.39, 0.29) is 17.9 Å². The van der Waals surface area contributed by atoms with Crippen LogP contribution in [0.3, 0.4) is 0 Å². The largest absolute Gasteiger partial charge is 0.371 e.